The normalized spacial score (nSPS) is 22.2. The standard InChI is InChI=1S/C21H23N3O2/c25-20-14-19(21(26)24(20)15-16-4-2-1-3-5-16)23-12-8-18(9-13-23)17-6-10-22-11-7-17/h1-7,10-11,18-19H,8-9,12-15H2/t19-/m0/s1. The molecule has 2 aliphatic heterocycles. The lowest BCUT2D eigenvalue weighted by Crippen LogP contribution is -2.45. The Labute approximate surface area is 153 Å². The molecule has 0 N–H and O–H groups in total. The second-order valence-electron chi connectivity index (χ2n) is 7.11. The summed E-state index contributed by atoms with van der Waals surface area (Å²) in [6.45, 7) is 2.09. The third kappa shape index (κ3) is 3.40. The Balaban J connectivity index is 1.38. The van der Waals surface area contributed by atoms with E-state index in [1.165, 1.54) is 10.5 Å². The first-order valence-electron chi connectivity index (χ1n) is 9.24. The molecule has 26 heavy (non-hydrogen) atoms. The number of rotatable bonds is 4. The smallest absolute Gasteiger partial charge is 0.247 e. The van der Waals surface area contributed by atoms with Crippen LogP contribution in [0.3, 0.4) is 0 Å². The number of likely N-dealkylation sites (tertiary alicyclic amines) is 2. The monoisotopic (exact) mass is 349 g/mol. The first-order valence-corrected chi connectivity index (χ1v) is 9.24. The van der Waals surface area contributed by atoms with Crippen LogP contribution in [-0.2, 0) is 16.1 Å². The third-order valence-electron chi connectivity index (χ3n) is 5.55. The lowest BCUT2D eigenvalue weighted by atomic mass is 9.89. The fraction of sp³-hybridized carbons (Fsp3) is 0.381. The quantitative estimate of drug-likeness (QED) is 0.796. The topological polar surface area (TPSA) is 53.5 Å². The van der Waals surface area contributed by atoms with Gasteiger partial charge in [-0.2, -0.15) is 0 Å². The molecule has 0 unspecified atom stereocenters. The maximum atomic E-state index is 12.8. The fourth-order valence-electron chi connectivity index (χ4n) is 4.06. The number of carbonyl (C=O) groups excluding carboxylic acids is 2. The van der Waals surface area contributed by atoms with E-state index < -0.39 is 0 Å². The maximum absolute atomic E-state index is 12.8. The van der Waals surface area contributed by atoms with Gasteiger partial charge in [-0.3, -0.25) is 24.4 Å². The Hall–Kier alpha value is -2.53. The predicted octanol–water partition coefficient (Wildman–Crippen LogP) is 2.59. The van der Waals surface area contributed by atoms with Gasteiger partial charge in [0, 0.05) is 12.4 Å². The summed E-state index contributed by atoms with van der Waals surface area (Å²) in [5, 5.41) is 0. The molecule has 5 heteroatoms. The summed E-state index contributed by atoms with van der Waals surface area (Å²) in [5.41, 5.74) is 2.31. The summed E-state index contributed by atoms with van der Waals surface area (Å²) in [6.07, 6.45) is 6.01. The molecule has 2 saturated heterocycles. The van der Waals surface area contributed by atoms with E-state index in [1.54, 1.807) is 0 Å². The summed E-state index contributed by atoms with van der Waals surface area (Å²) >= 11 is 0. The molecule has 0 aliphatic carbocycles. The summed E-state index contributed by atoms with van der Waals surface area (Å²) in [6, 6.07) is 13.6. The van der Waals surface area contributed by atoms with Crippen molar-refractivity contribution in [3.63, 3.8) is 0 Å². The number of piperidine rings is 1. The fourth-order valence-corrected chi connectivity index (χ4v) is 4.06. The summed E-state index contributed by atoms with van der Waals surface area (Å²) in [4.78, 5) is 32.9. The molecule has 3 heterocycles. The van der Waals surface area contributed by atoms with Gasteiger partial charge >= 0.3 is 0 Å². The first kappa shape index (κ1) is 16.9. The van der Waals surface area contributed by atoms with E-state index in [0.29, 0.717) is 18.9 Å². The van der Waals surface area contributed by atoms with Crippen molar-refractivity contribution in [3.05, 3.63) is 66.0 Å². The number of hydrogen-bond acceptors (Lipinski definition) is 4. The number of benzene rings is 1. The number of aromatic nitrogens is 1. The van der Waals surface area contributed by atoms with E-state index in [4.69, 9.17) is 0 Å². The van der Waals surface area contributed by atoms with Crippen LogP contribution in [0.5, 0.6) is 0 Å². The Morgan fingerprint density at radius 1 is 0.962 bits per heavy atom. The molecule has 5 nitrogen and oxygen atoms in total. The van der Waals surface area contributed by atoms with E-state index in [9.17, 15) is 9.59 Å². The van der Waals surface area contributed by atoms with Gasteiger partial charge in [0.2, 0.25) is 11.8 Å². The average Bonchev–Trinajstić information content (AvgIpc) is 2.98. The summed E-state index contributed by atoms with van der Waals surface area (Å²) in [5.74, 6) is 0.420. The lowest BCUT2D eigenvalue weighted by Gasteiger charge is -2.35. The van der Waals surface area contributed by atoms with E-state index >= 15 is 0 Å². The zero-order chi connectivity index (χ0) is 17.9. The van der Waals surface area contributed by atoms with Crippen LogP contribution in [0.15, 0.2) is 54.9 Å². The van der Waals surface area contributed by atoms with Gasteiger partial charge in [-0.25, -0.2) is 0 Å². The molecular weight excluding hydrogens is 326 g/mol. The van der Waals surface area contributed by atoms with Gasteiger partial charge in [0.1, 0.15) is 0 Å². The SMILES string of the molecule is O=C1C[C@H](N2CCC(c3ccncc3)CC2)C(=O)N1Cc1ccccc1. The number of nitrogens with zero attached hydrogens (tertiary/aromatic N) is 3. The van der Waals surface area contributed by atoms with Gasteiger partial charge in [0.15, 0.2) is 0 Å². The molecule has 0 spiro atoms. The second-order valence-corrected chi connectivity index (χ2v) is 7.11. The first-order chi connectivity index (χ1) is 12.7. The van der Waals surface area contributed by atoms with Crippen LogP contribution in [-0.4, -0.2) is 45.7 Å². The van der Waals surface area contributed by atoms with Crippen molar-refractivity contribution >= 4 is 11.8 Å². The highest BCUT2D eigenvalue weighted by molar-refractivity contribution is 6.05. The van der Waals surface area contributed by atoms with Crippen molar-refractivity contribution in [3.8, 4) is 0 Å². The molecule has 134 valence electrons. The molecule has 1 aromatic heterocycles. The minimum atomic E-state index is -0.287. The molecule has 2 aromatic rings. The van der Waals surface area contributed by atoms with Crippen LogP contribution in [0, 0.1) is 0 Å². The molecule has 0 bridgehead atoms. The van der Waals surface area contributed by atoms with Gasteiger partial charge in [0.25, 0.3) is 0 Å². The average molecular weight is 349 g/mol. The lowest BCUT2D eigenvalue weighted by molar-refractivity contribution is -0.140. The molecule has 1 atom stereocenters. The zero-order valence-corrected chi connectivity index (χ0v) is 14.8. The van der Waals surface area contributed by atoms with Gasteiger partial charge in [-0.15, -0.1) is 0 Å². The molecule has 0 saturated carbocycles. The Bertz CT molecular complexity index is 770. The Morgan fingerprint density at radius 3 is 2.35 bits per heavy atom. The van der Waals surface area contributed by atoms with Crippen molar-refractivity contribution in [1.82, 2.24) is 14.8 Å². The van der Waals surface area contributed by atoms with Crippen molar-refractivity contribution in [2.24, 2.45) is 0 Å². The van der Waals surface area contributed by atoms with Gasteiger partial charge in [-0.05, 0) is 55.1 Å². The van der Waals surface area contributed by atoms with Crippen molar-refractivity contribution < 1.29 is 9.59 Å². The highest BCUT2D eigenvalue weighted by Crippen LogP contribution is 2.31. The van der Waals surface area contributed by atoms with E-state index in [0.717, 1.165) is 31.5 Å². The van der Waals surface area contributed by atoms with E-state index in [1.807, 2.05) is 42.7 Å². The molecule has 0 radical (unpaired) electrons. The number of amides is 2. The van der Waals surface area contributed by atoms with Gasteiger partial charge in [0.05, 0.1) is 19.0 Å². The van der Waals surface area contributed by atoms with Crippen molar-refractivity contribution in [1.29, 1.82) is 0 Å². The predicted molar refractivity (Wildman–Crippen MR) is 98.2 cm³/mol. The highest BCUT2D eigenvalue weighted by atomic mass is 16.2. The number of carbonyl (C=O) groups is 2. The minimum Gasteiger partial charge on any atom is -0.291 e. The minimum absolute atomic E-state index is 0.0405. The van der Waals surface area contributed by atoms with Gasteiger partial charge in [-0.1, -0.05) is 30.3 Å². The Morgan fingerprint density at radius 2 is 1.65 bits per heavy atom. The Kier molecular flexibility index (Phi) is 4.80. The van der Waals surface area contributed by atoms with E-state index in [-0.39, 0.29) is 17.9 Å². The molecular formula is C21H23N3O2. The number of hydrogen-bond donors (Lipinski definition) is 0. The maximum Gasteiger partial charge on any atom is 0.247 e. The molecule has 4 rings (SSSR count). The zero-order valence-electron chi connectivity index (χ0n) is 14.8. The second kappa shape index (κ2) is 7.38. The summed E-state index contributed by atoms with van der Waals surface area (Å²) < 4.78 is 0. The van der Waals surface area contributed by atoms with Crippen molar-refractivity contribution in [2.75, 3.05) is 13.1 Å². The van der Waals surface area contributed by atoms with Crippen LogP contribution < -0.4 is 0 Å². The molecule has 2 amide bonds. The number of imide groups is 1. The van der Waals surface area contributed by atoms with Crippen molar-refractivity contribution in [2.45, 2.75) is 37.8 Å². The van der Waals surface area contributed by atoms with Crippen LogP contribution in [0.4, 0.5) is 0 Å². The number of pyridine rings is 1. The molecule has 2 aliphatic rings. The van der Waals surface area contributed by atoms with Crippen LogP contribution in [0.2, 0.25) is 0 Å². The van der Waals surface area contributed by atoms with Crippen LogP contribution >= 0.6 is 0 Å². The van der Waals surface area contributed by atoms with Crippen LogP contribution in [0.1, 0.15) is 36.3 Å². The summed E-state index contributed by atoms with van der Waals surface area (Å²) in [7, 11) is 0. The largest absolute Gasteiger partial charge is 0.291 e. The molecule has 1 aromatic carbocycles. The van der Waals surface area contributed by atoms with Crippen LogP contribution in [0.25, 0.3) is 0 Å². The molecule has 2 fully saturated rings. The van der Waals surface area contributed by atoms with Gasteiger partial charge < -0.3 is 0 Å². The van der Waals surface area contributed by atoms with E-state index in [2.05, 4.69) is 22.0 Å². The third-order valence-corrected chi connectivity index (χ3v) is 5.55. The highest BCUT2D eigenvalue weighted by Gasteiger charge is 2.42.